The highest BCUT2D eigenvalue weighted by atomic mass is 16.5. The first-order chi connectivity index (χ1) is 10.3. The van der Waals surface area contributed by atoms with Gasteiger partial charge in [0, 0.05) is 19.0 Å². The molecule has 0 amide bonds. The summed E-state index contributed by atoms with van der Waals surface area (Å²) in [5, 5.41) is 3.38. The van der Waals surface area contributed by atoms with Crippen LogP contribution in [-0.2, 0) is 22.6 Å². The zero-order valence-electron chi connectivity index (χ0n) is 12.6. The van der Waals surface area contributed by atoms with Crippen molar-refractivity contribution in [1.29, 1.82) is 0 Å². The van der Waals surface area contributed by atoms with Gasteiger partial charge < -0.3 is 14.8 Å². The fourth-order valence-electron chi connectivity index (χ4n) is 1.90. The summed E-state index contributed by atoms with van der Waals surface area (Å²) >= 11 is 0. The van der Waals surface area contributed by atoms with Gasteiger partial charge in [0.05, 0.1) is 32.1 Å². The maximum atomic E-state index is 5.53. The van der Waals surface area contributed by atoms with E-state index in [0.29, 0.717) is 26.4 Å². The molecule has 0 aliphatic heterocycles. The largest absolute Gasteiger partial charge is 0.382 e. The van der Waals surface area contributed by atoms with Gasteiger partial charge in [-0.25, -0.2) is 0 Å². The molecule has 1 aromatic heterocycles. The molecular weight excluding hydrogens is 264 g/mol. The Balaban J connectivity index is 1.84. The van der Waals surface area contributed by atoms with Crippen LogP contribution in [0.25, 0.3) is 0 Å². The molecule has 1 heterocycles. The number of rotatable bonds is 8. The van der Waals surface area contributed by atoms with Gasteiger partial charge in [0.2, 0.25) is 0 Å². The Morgan fingerprint density at radius 2 is 2.05 bits per heavy atom. The fraction of sp³-hybridized carbons (Fsp3) is 0.353. The SMILES string of the molecule is COCCOCc1cccc(NCc2ccc(C)cn2)c1. The summed E-state index contributed by atoms with van der Waals surface area (Å²) in [6.45, 7) is 4.59. The van der Waals surface area contributed by atoms with Gasteiger partial charge >= 0.3 is 0 Å². The van der Waals surface area contributed by atoms with Crippen LogP contribution in [0.5, 0.6) is 0 Å². The summed E-state index contributed by atoms with van der Waals surface area (Å²) in [5.74, 6) is 0. The third-order valence-electron chi connectivity index (χ3n) is 3.07. The number of aromatic nitrogens is 1. The van der Waals surface area contributed by atoms with Crippen molar-refractivity contribution in [3.63, 3.8) is 0 Å². The lowest BCUT2D eigenvalue weighted by Gasteiger charge is -2.09. The van der Waals surface area contributed by atoms with E-state index < -0.39 is 0 Å². The molecule has 2 rings (SSSR count). The average molecular weight is 286 g/mol. The van der Waals surface area contributed by atoms with Crippen LogP contribution in [0, 0.1) is 6.92 Å². The lowest BCUT2D eigenvalue weighted by Crippen LogP contribution is -2.03. The van der Waals surface area contributed by atoms with Gasteiger partial charge in [-0.2, -0.15) is 0 Å². The third-order valence-corrected chi connectivity index (χ3v) is 3.07. The first kappa shape index (κ1) is 15.5. The van der Waals surface area contributed by atoms with E-state index in [1.54, 1.807) is 7.11 Å². The van der Waals surface area contributed by atoms with Crippen molar-refractivity contribution in [3.8, 4) is 0 Å². The monoisotopic (exact) mass is 286 g/mol. The summed E-state index contributed by atoms with van der Waals surface area (Å²) in [4.78, 5) is 4.38. The molecule has 0 unspecified atom stereocenters. The minimum absolute atomic E-state index is 0.599. The summed E-state index contributed by atoms with van der Waals surface area (Å²) in [6, 6.07) is 12.3. The van der Waals surface area contributed by atoms with Gasteiger partial charge in [0.25, 0.3) is 0 Å². The zero-order chi connectivity index (χ0) is 14.9. The van der Waals surface area contributed by atoms with Crippen LogP contribution >= 0.6 is 0 Å². The molecule has 0 spiro atoms. The van der Waals surface area contributed by atoms with E-state index in [-0.39, 0.29) is 0 Å². The molecule has 2 aromatic rings. The van der Waals surface area contributed by atoms with Gasteiger partial charge in [-0.1, -0.05) is 18.2 Å². The van der Waals surface area contributed by atoms with Gasteiger partial charge in [0.1, 0.15) is 0 Å². The predicted molar refractivity (Wildman–Crippen MR) is 84.3 cm³/mol. The third kappa shape index (κ3) is 5.53. The van der Waals surface area contributed by atoms with E-state index in [1.807, 2.05) is 31.3 Å². The van der Waals surface area contributed by atoms with Crippen molar-refractivity contribution in [2.45, 2.75) is 20.1 Å². The number of anilines is 1. The molecule has 0 atom stereocenters. The van der Waals surface area contributed by atoms with Crippen LogP contribution in [0.4, 0.5) is 5.69 Å². The summed E-state index contributed by atoms with van der Waals surface area (Å²) in [5.41, 5.74) is 4.43. The van der Waals surface area contributed by atoms with Crippen molar-refractivity contribution in [2.24, 2.45) is 0 Å². The molecular formula is C17H22N2O2. The number of methoxy groups -OCH3 is 1. The van der Waals surface area contributed by atoms with Crippen LogP contribution in [0.1, 0.15) is 16.8 Å². The Morgan fingerprint density at radius 1 is 1.14 bits per heavy atom. The lowest BCUT2D eigenvalue weighted by molar-refractivity contribution is 0.0617. The van der Waals surface area contributed by atoms with Gasteiger partial charge in [0.15, 0.2) is 0 Å². The van der Waals surface area contributed by atoms with E-state index >= 15 is 0 Å². The number of hydrogen-bond donors (Lipinski definition) is 1. The highest BCUT2D eigenvalue weighted by Crippen LogP contribution is 2.12. The molecule has 0 radical (unpaired) electrons. The highest BCUT2D eigenvalue weighted by molar-refractivity contribution is 5.45. The highest BCUT2D eigenvalue weighted by Gasteiger charge is 1.98. The lowest BCUT2D eigenvalue weighted by atomic mass is 10.2. The fourth-order valence-corrected chi connectivity index (χ4v) is 1.90. The Bertz CT molecular complexity index is 541. The summed E-state index contributed by atoms with van der Waals surface area (Å²) < 4.78 is 10.5. The molecule has 112 valence electrons. The van der Waals surface area contributed by atoms with Crippen LogP contribution in [-0.4, -0.2) is 25.3 Å². The van der Waals surface area contributed by atoms with E-state index in [9.17, 15) is 0 Å². The summed E-state index contributed by atoms with van der Waals surface area (Å²) in [7, 11) is 1.67. The Labute approximate surface area is 126 Å². The van der Waals surface area contributed by atoms with Crippen LogP contribution in [0.15, 0.2) is 42.6 Å². The van der Waals surface area contributed by atoms with Crippen molar-refractivity contribution in [1.82, 2.24) is 4.98 Å². The molecule has 0 saturated heterocycles. The average Bonchev–Trinajstić information content (AvgIpc) is 2.52. The first-order valence-corrected chi connectivity index (χ1v) is 7.09. The summed E-state index contributed by atoms with van der Waals surface area (Å²) in [6.07, 6.45) is 1.89. The molecule has 0 aliphatic rings. The maximum absolute atomic E-state index is 5.53. The molecule has 0 fully saturated rings. The molecule has 1 N–H and O–H groups in total. The second-order valence-electron chi connectivity index (χ2n) is 4.93. The first-order valence-electron chi connectivity index (χ1n) is 7.09. The van der Waals surface area contributed by atoms with E-state index in [0.717, 1.165) is 16.9 Å². The van der Waals surface area contributed by atoms with Crippen LogP contribution in [0.3, 0.4) is 0 Å². The van der Waals surface area contributed by atoms with Gasteiger partial charge in [-0.3, -0.25) is 4.98 Å². The number of nitrogens with one attached hydrogen (secondary N) is 1. The number of aryl methyl sites for hydroxylation is 1. The smallest absolute Gasteiger partial charge is 0.0718 e. The standard InChI is InChI=1S/C17H22N2O2/c1-14-6-7-17(18-11-14)12-19-16-5-3-4-15(10-16)13-21-9-8-20-2/h3-7,10-11,19H,8-9,12-13H2,1-2H3. The molecule has 1 aromatic carbocycles. The second-order valence-corrected chi connectivity index (χ2v) is 4.93. The molecule has 4 heteroatoms. The molecule has 0 bridgehead atoms. The normalized spacial score (nSPS) is 10.6. The number of hydrogen-bond acceptors (Lipinski definition) is 4. The maximum Gasteiger partial charge on any atom is 0.0718 e. The van der Waals surface area contributed by atoms with Gasteiger partial charge in [-0.05, 0) is 36.2 Å². The zero-order valence-corrected chi connectivity index (χ0v) is 12.6. The Hall–Kier alpha value is -1.91. The number of nitrogens with zero attached hydrogens (tertiary/aromatic N) is 1. The van der Waals surface area contributed by atoms with Crippen molar-refractivity contribution in [2.75, 3.05) is 25.6 Å². The van der Waals surface area contributed by atoms with Gasteiger partial charge in [-0.15, -0.1) is 0 Å². The van der Waals surface area contributed by atoms with Crippen molar-refractivity contribution >= 4 is 5.69 Å². The molecule has 21 heavy (non-hydrogen) atoms. The quantitative estimate of drug-likeness (QED) is 0.757. The van der Waals surface area contributed by atoms with Crippen LogP contribution < -0.4 is 5.32 Å². The number of ether oxygens (including phenoxy) is 2. The van der Waals surface area contributed by atoms with E-state index in [1.165, 1.54) is 5.56 Å². The second kappa shape index (κ2) is 8.39. The minimum Gasteiger partial charge on any atom is -0.382 e. The number of benzene rings is 1. The molecule has 4 nitrogen and oxygen atoms in total. The van der Waals surface area contributed by atoms with E-state index in [2.05, 4.69) is 28.5 Å². The van der Waals surface area contributed by atoms with Crippen molar-refractivity contribution in [3.05, 3.63) is 59.4 Å². The molecule has 0 aliphatic carbocycles. The minimum atomic E-state index is 0.599. The number of pyridine rings is 1. The Morgan fingerprint density at radius 3 is 2.81 bits per heavy atom. The topological polar surface area (TPSA) is 43.4 Å². The molecule has 0 saturated carbocycles. The Kier molecular flexibility index (Phi) is 6.19. The van der Waals surface area contributed by atoms with Crippen LogP contribution in [0.2, 0.25) is 0 Å². The van der Waals surface area contributed by atoms with E-state index in [4.69, 9.17) is 9.47 Å². The predicted octanol–water partition coefficient (Wildman–Crippen LogP) is 3.17. The van der Waals surface area contributed by atoms with Crippen molar-refractivity contribution < 1.29 is 9.47 Å².